The van der Waals surface area contributed by atoms with Crippen LogP contribution in [-0.4, -0.2) is 6.10 Å². The highest BCUT2D eigenvalue weighted by Gasteiger charge is 2.22. The maximum Gasteiger partial charge on any atom is 0.142 e. The van der Waals surface area contributed by atoms with Gasteiger partial charge in [0.1, 0.15) is 5.75 Å². The topological polar surface area (TPSA) is 59.0 Å². The van der Waals surface area contributed by atoms with Crippen LogP contribution < -0.4 is 10.5 Å². The molecule has 0 saturated heterocycles. The Hall–Kier alpha value is -1.69. The lowest BCUT2D eigenvalue weighted by Crippen LogP contribution is -2.25. The number of nitriles is 1. The predicted molar refractivity (Wildman–Crippen MR) is 72.2 cm³/mol. The van der Waals surface area contributed by atoms with E-state index in [2.05, 4.69) is 13.0 Å². The van der Waals surface area contributed by atoms with Crippen molar-refractivity contribution in [2.45, 2.75) is 45.1 Å². The number of ether oxygens (including phenoxy) is 1. The van der Waals surface area contributed by atoms with Crippen LogP contribution in [0, 0.1) is 17.2 Å². The summed E-state index contributed by atoms with van der Waals surface area (Å²) in [4.78, 5) is 0. The van der Waals surface area contributed by atoms with Crippen molar-refractivity contribution in [2.24, 2.45) is 5.92 Å². The molecule has 0 aliphatic heterocycles. The zero-order valence-electron chi connectivity index (χ0n) is 10.9. The van der Waals surface area contributed by atoms with E-state index in [0.717, 1.165) is 24.5 Å². The molecule has 0 radical (unpaired) electrons. The Bertz CT molecular complexity index is 450. The second-order valence-electron chi connectivity index (χ2n) is 5.05. The molecule has 96 valence electrons. The van der Waals surface area contributed by atoms with Crippen LogP contribution in [0.1, 0.15) is 44.6 Å². The van der Waals surface area contributed by atoms with Crippen molar-refractivity contribution in [3.05, 3.63) is 23.8 Å². The van der Waals surface area contributed by atoms with Gasteiger partial charge in [0.25, 0.3) is 0 Å². The second-order valence-corrected chi connectivity index (χ2v) is 5.05. The van der Waals surface area contributed by atoms with E-state index in [-0.39, 0.29) is 6.10 Å². The monoisotopic (exact) mass is 244 g/mol. The summed E-state index contributed by atoms with van der Waals surface area (Å²) in [5.74, 6) is 1.50. The highest BCUT2D eigenvalue weighted by atomic mass is 16.5. The molecule has 2 rings (SSSR count). The van der Waals surface area contributed by atoms with Crippen molar-refractivity contribution in [1.29, 1.82) is 5.26 Å². The highest BCUT2D eigenvalue weighted by Crippen LogP contribution is 2.31. The third-order valence-electron chi connectivity index (χ3n) is 3.74. The molecule has 2 atom stereocenters. The summed E-state index contributed by atoms with van der Waals surface area (Å²) in [5.41, 5.74) is 7.05. The molecule has 0 heterocycles. The summed E-state index contributed by atoms with van der Waals surface area (Å²) in [6, 6.07) is 7.32. The highest BCUT2D eigenvalue weighted by molar-refractivity contribution is 5.56. The van der Waals surface area contributed by atoms with Crippen molar-refractivity contribution in [3.8, 4) is 11.8 Å². The molecule has 2 N–H and O–H groups in total. The minimum absolute atomic E-state index is 0.277. The number of rotatable bonds is 3. The van der Waals surface area contributed by atoms with Crippen LogP contribution in [0.2, 0.25) is 0 Å². The maximum atomic E-state index is 8.79. The summed E-state index contributed by atoms with van der Waals surface area (Å²) in [6.45, 7) is 2.24. The Morgan fingerprint density at radius 1 is 1.44 bits per heavy atom. The van der Waals surface area contributed by atoms with E-state index in [1.54, 1.807) is 12.1 Å². The molecule has 1 aromatic rings. The molecule has 1 saturated carbocycles. The summed E-state index contributed by atoms with van der Waals surface area (Å²) < 4.78 is 5.98. The van der Waals surface area contributed by atoms with Crippen molar-refractivity contribution in [2.75, 3.05) is 5.73 Å². The zero-order chi connectivity index (χ0) is 13.0. The smallest absolute Gasteiger partial charge is 0.142 e. The fraction of sp³-hybridized carbons (Fsp3) is 0.533. The number of hydrogen-bond donors (Lipinski definition) is 1. The number of nitrogens with two attached hydrogens (primary N) is 1. The van der Waals surface area contributed by atoms with Crippen molar-refractivity contribution in [1.82, 2.24) is 0 Å². The minimum atomic E-state index is 0.277. The van der Waals surface area contributed by atoms with Gasteiger partial charge in [0.05, 0.1) is 23.4 Å². The number of hydrogen-bond acceptors (Lipinski definition) is 3. The zero-order valence-corrected chi connectivity index (χ0v) is 10.9. The van der Waals surface area contributed by atoms with Gasteiger partial charge in [-0.2, -0.15) is 5.26 Å². The lowest BCUT2D eigenvalue weighted by Gasteiger charge is -2.29. The first-order chi connectivity index (χ1) is 8.72. The molecule has 0 aromatic heterocycles. The van der Waals surface area contributed by atoms with Gasteiger partial charge in [-0.25, -0.2) is 0 Å². The Kier molecular flexibility index (Phi) is 4.09. The summed E-state index contributed by atoms with van der Waals surface area (Å²) >= 11 is 0. The number of benzene rings is 1. The summed E-state index contributed by atoms with van der Waals surface area (Å²) in [5, 5.41) is 8.79. The van der Waals surface area contributed by atoms with Crippen LogP contribution in [0.25, 0.3) is 0 Å². The largest absolute Gasteiger partial charge is 0.488 e. The van der Waals surface area contributed by atoms with Gasteiger partial charge in [-0.05, 0) is 43.4 Å². The lowest BCUT2D eigenvalue weighted by atomic mass is 9.85. The molecule has 1 fully saturated rings. The maximum absolute atomic E-state index is 8.79. The molecule has 1 aliphatic carbocycles. The van der Waals surface area contributed by atoms with Crippen LogP contribution in [0.15, 0.2) is 18.2 Å². The van der Waals surface area contributed by atoms with Gasteiger partial charge in [0.2, 0.25) is 0 Å². The average Bonchev–Trinajstić information content (AvgIpc) is 2.41. The van der Waals surface area contributed by atoms with E-state index in [0.29, 0.717) is 11.3 Å². The molecule has 18 heavy (non-hydrogen) atoms. The molecule has 1 aliphatic rings. The van der Waals surface area contributed by atoms with Crippen LogP contribution in [-0.2, 0) is 0 Å². The van der Waals surface area contributed by atoms with Crippen molar-refractivity contribution >= 4 is 5.69 Å². The fourth-order valence-corrected chi connectivity index (χ4v) is 2.62. The van der Waals surface area contributed by atoms with Gasteiger partial charge in [0, 0.05) is 0 Å². The van der Waals surface area contributed by atoms with E-state index in [1.807, 2.05) is 6.07 Å². The summed E-state index contributed by atoms with van der Waals surface area (Å²) in [6.07, 6.45) is 6.28. The van der Waals surface area contributed by atoms with E-state index in [1.165, 1.54) is 19.3 Å². The number of nitrogen functional groups attached to an aromatic ring is 1. The molecule has 3 nitrogen and oxygen atoms in total. The van der Waals surface area contributed by atoms with E-state index >= 15 is 0 Å². The molecule has 3 heteroatoms. The van der Waals surface area contributed by atoms with Gasteiger partial charge < -0.3 is 10.5 Å². The van der Waals surface area contributed by atoms with Gasteiger partial charge in [-0.3, -0.25) is 0 Å². The quantitative estimate of drug-likeness (QED) is 0.828. The molecule has 0 spiro atoms. The molecular formula is C15H20N2O. The average molecular weight is 244 g/mol. The van der Waals surface area contributed by atoms with Crippen LogP contribution in [0.3, 0.4) is 0 Å². The third kappa shape index (κ3) is 2.95. The molecule has 2 unspecified atom stereocenters. The Balaban J connectivity index is 2.03. The Morgan fingerprint density at radius 3 is 2.94 bits per heavy atom. The van der Waals surface area contributed by atoms with Gasteiger partial charge in [-0.15, -0.1) is 0 Å². The Labute approximate surface area is 109 Å². The standard InChI is InChI=1S/C15H20N2O/c1-2-11-4-3-5-13(8-11)18-15-7-6-12(10-16)9-14(15)17/h6-7,9,11,13H,2-5,8,17H2,1H3. The summed E-state index contributed by atoms with van der Waals surface area (Å²) in [7, 11) is 0. The number of anilines is 1. The van der Waals surface area contributed by atoms with Crippen LogP contribution in [0.4, 0.5) is 5.69 Å². The lowest BCUT2D eigenvalue weighted by molar-refractivity contribution is 0.123. The van der Waals surface area contributed by atoms with E-state index < -0.39 is 0 Å². The number of nitrogens with zero attached hydrogens (tertiary/aromatic N) is 1. The third-order valence-corrected chi connectivity index (χ3v) is 3.74. The predicted octanol–water partition coefficient (Wildman–Crippen LogP) is 3.49. The van der Waals surface area contributed by atoms with Gasteiger partial charge in [0.15, 0.2) is 0 Å². The van der Waals surface area contributed by atoms with E-state index in [4.69, 9.17) is 15.7 Å². The Morgan fingerprint density at radius 2 is 2.28 bits per heavy atom. The molecule has 0 bridgehead atoms. The first kappa shape index (κ1) is 12.8. The van der Waals surface area contributed by atoms with E-state index in [9.17, 15) is 0 Å². The fourth-order valence-electron chi connectivity index (χ4n) is 2.62. The SMILES string of the molecule is CCC1CCCC(Oc2ccc(C#N)cc2N)C1. The second kappa shape index (κ2) is 5.77. The van der Waals surface area contributed by atoms with Gasteiger partial charge in [-0.1, -0.05) is 19.8 Å². The van der Waals surface area contributed by atoms with Crippen LogP contribution in [0.5, 0.6) is 5.75 Å². The normalized spacial score (nSPS) is 23.3. The van der Waals surface area contributed by atoms with Crippen LogP contribution >= 0.6 is 0 Å². The first-order valence-electron chi connectivity index (χ1n) is 6.69. The van der Waals surface area contributed by atoms with Crippen molar-refractivity contribution in [3.63, 3.8) is 0 Å². The first-order valence-corrected chi connectivity index (χ1v) is 6.69. The molecule has 1 aromatic carbocycles. The minimum Gasteiger partial charge on any atom is -0.488 e. The van der Waals surface area contributed by atoms with Crippen molar-refractivity contribution < 1.29 is 4.74 Å². The molecular weight excluding hydrogens is 224 g/mol. The molecule has 0 amide bonds. The van der Waals surface area contributed by atoms with Gasteiger partial charge >= 0.3 is 0 Å².